The Morgan fingerprint density at radius 2 is 1.81 bits per heavy atom. The van der Waals surface area contributed by atoms with Gasteiger partial charge in [0.15, 0.2) is 0 Å². The van der Waals surface area contributed by atoms with Crippen LogP contribution < -0.4 is 14.9 Å². The van der Waals surface area contributed by atoms with Crippen LogP contribution in [0.15, 0.2) is 36.5 Å². The molecule has 1 fully saturated rings. The van der Waals surface area contributed by atoms with Gasteiger partial charge in [-0.2, -0.15) is 0 Å². The van der Waals surface area contributed by atoms with Crippen molar-refractivity contribution in [2.24, 2.45) is 11.1 Å². The second-order valence-corrected chi connectivity index (χ2v) is 8.60. The van der Waals surface area contributed by atoms with E-state index in [-0.39, 0.29) is 11.7 Å². The van der Waals surface area contributed by atoms with Crippen LogP contribution >= 0.6 is 0 Å². The maximum absolute atomic E-state index is 11.3. The fraction of sp³-hybridized carbons (Fsp3) is 0.444. The van der Waals surface area contributed by atoms with E-state index >= 15 is 0 Å². The quantitative estimate of drug-likeness (QED) is 0.855. The number of rotatable bonds is 5. The molecule has 140 valence electrons. The Balaban J connectivity index is 1.70. The number of aromatic nitrogens is 2. The number of nitrogens with zero attached hydrogens (tertiary/aromatic N) is 4. The molecular weight excluding hydrogens is 350 g/mol. The van der Waals surface area contributed by atoms with Gasteiger partial charge in [0, 0.05) is 44.6 Å². The molecule has 0 bridgehead atoms. The third-order valence-corrected chi connectivity index (χ3v) is 5.62. The lowest BCUT2D eigenvalue weighted by Gasteiger charge is -2.31. The first-order valence-electron chi connectivity index (χ1n) is 8.68. The van der Waals surface area contributed by atoms with E-state index in [0.717, 1.165) is 42.9 Å². The normalized spacial score (nSPS) is 15.9. The van der Waals surface area contributed by atoms with Gasteiger partial charge in [-0.05, 0) is 37.0 Å². The molecule has 1 aliphatic rings. The molecule has 0 radical (unpaired) electrons. The summed E-state index contributed by atoms with van der Waals surface area (Å²) in [6, 6.07) is 10.1. The van der Waals surface area contributed by atoms with Crippen LogP contribution in [0.4, 0.5) is 11.6 Å². The molecule has 2 N–H and O–H groups in total. The Morgan fingerprint density at radius 3 is 2.38 bits per heavy atom. The number of nitrogens with two attached hydrogens (primary N) is 1. The second-order valence-electron chi connectivity index (χ2n) is 6.94. The number of anilines is 2. The summed E-state index contributed by atoms with van der Waals surface area (Å²) in [6.07, 6.45) is 3.33. The highest BCUT2D eigenvalue weighted by Gasteiger charge is 2.24. The first-order valence-corrected chi connectivity index (χ1v) is 10.4. The molecule has 8 heteroatoms. The second kappa shape index (κ2) is 7.59. The molecule has 0 atom stereocenters. The molecular formula is C18H25N5O2S. The third kappa shape index (κ3) is 4.70. The van der Waals surface area contributed by atoms with Crippen molar-refractivity contribution in [1.29, 1.82) is 0 Å². The van der Waals surface area contributed by atoms with E-state index in [0.29, 0.717) is 5.95 Å². The molecule has 1 aromatic heterocycles. The average Bonchev–Trinajstić information content (AvgIpc) is 2.61. The zero-order chi connectivity index (χ0) is 18.7. The monoisotopic (exact) mass is 375 g/mol. The highest BCUT2D eigenvalue weighted by Crippen LogP contribution is 2.25. The van der Waals surface area contributed by atoms with E-state index in [9.17, 15) is 8.42 Å². The molecule has 26 heavy (non-hydrogen) atoms. The van der Waals surface area contributed by atoms with E-state index in [1.165, 1.54) is 0 Å². The first kappa shape index (κ1) is 18.6. The van der Waals surface area contributed by atoms with Crippen LogP contribution in [-0.4, -0.2) is 51.3 Å². The number of sulfonamides is 1. The van der Waals surface area contributed by atoms with Crippen molar-refractivity contribution in [3.63, 3.8) is 0 Å². The fourth-order valence-corrected chi connectivity index (χ4v) is 4.21. The molecule has 3 rings (SSSR count). The molecule has 7 nitrogen and oxygen atoms in total. The minimum Gasteiger partial charge on any atom is -0.378 e. The summed E-state index contributed by atoms with van der Waals surface area (Å²) in [5.41, 5.74) is 3.07. The van der Waals surface area contributed by atoms with Crippen LogP contribution in [-0.2, 0) is 10.0 Å². The van der Waals surface area contributed by atoms with Crippen LogP contribution in [0.5, 0.6) is 0 Å². The number of hydrogen-bond donors (Lipinski definition) is 1. The van der Waals surface area contributed by atoms with Crippen LogP contribution in [0, 0.1) is 5.92 Å². The Bertz CT molecular complexity index is 844. The summed E-state index contributed by atoms with van der Waals surface area (Å²) < 4.78 is 22.5. The van der Waals surface area contributed by atoms with Gasteiger partial charge < -0.3 is 9.80 Å². The molecule has 0 saturated carbocycles. The number of primary sulfonamides is 1. The van der Waals surface area contributed by atoms with Crippen LogP contribution in [0.2, 0.25) is 0 Å². The number of hydrogen-bond acceptors (Lipinski definition) is 6. The van der Waals surface area contributed by atoms with E-state index in [4.69, 9.17) is 10.1 Å². The summed E-state index contributed by atoms with van der Waals surface area (Å²) in [5.74, 6) is 0.858. The molecule has 0 spiro atoms. The molecule has 1 aliphatic heterocycles. The van der Waals surface area contributed by atoms with Crippen molar-refractivity contribution in [3.8, 4) is 11.3 Å². The maximum Gasteiger partial charge on any atom is 0.225 e. The van der Waals surface area contributed by atoms with Gasteiger partial charge in [0.05, 0.1) is 11.4 Å². The highest BCUT2D eigenvalue weighted by molar-refractivity contribution is 7.89. The van der Waals surface area contributed by atoms with Crippen molar-refractivity contribution in [2.75, 3.05) is 42.7 Å². The predicted octanol–water partition coefficient (Wildman–Crippen LogP) is 1.71. The largest absolute Gasteiger partial charge is 0.378 e. The summed E-state index contributed by atoms with van der Waals surface area (Å²) >= 11 is 0. The number of piperidine rings is 1. The van der Waals surface area contributed by atoms with Gasteiger partial charge >= 0.3 is 0 Å². The van der Waals surface area contributed by atoms with E-state index < -0.39 is 10.0 Å². The van der Waals surface area contributed by atoms with Crippen molar-refractivity contribution in [3.05, 3.63) is 36.5 Å². The van der Waals surface area contributed by atoms with Gasteiger partial charge in [-0.3, -0.25) is 0 Å². The third-order valence-electron chi connectivity index (χ3n) is 4.69. The molecule has 0 unspecified atom stereocenters. The Labute approximate surface area is 154 Å². The molecule has 2 heterocycles. The molecule has 0 aliphatic carbocycles. The van der Waals surface area contributed by atoms with Crippen LogP contribution in [0.3, 0.4) is 0 Å². The minimum atomic E-state index is -3.41. The topological polar surface area (TPSA) is 92.4 Å². The van der Waals surface area contributed by atoms with E-state index in [1.807, 2.05) is 20.2 Å². The van der Waals surface area contributed by atoms with Gasteiger partial charge in [0.2, 0.25) is 16.0 Å². The molecule has 0 amide bonds. The van der Waals surface area contributed by atoms with Crippen molar-refractivity contribution in [2.45, 2.75) is 12.8 Å². The Kier molecular flexibility index (Phi) is 5.43. The first-order chi connectivity index (χ1) is 12.3. The average molecular weight is 375 g/mol. The lowest BCUT2D eigenvalue weighted by molar-refractivity contribution is 0.432. The van der Waals surface area contributed by atoms with E-state index in [1.54, 1.807) is 6.20 Å². The summed E-state index contributed by atoms with van der Waals surface area (Å²) in [5, 5.41) is 5.16. The van der Waals surface area contributed by atoms with Gasteiger partial charge in [-0.1, -0.05) is 12.1 Å². The SMILES string of the molecule is CN(C)c1ccc(-c2ccnc(N3CCC(CS(N)(=O)=O)CC3)n2)cc1. The van der Waals surface area contributed by atoms with Crippen LogP contribution in [0.1, 0.15) is 12.8 Å². The van der Waals surface area contributed by atoms with Crippen molar-refractivity contribution in [1.82, 2.24) is 9.97 Å². The summed E-state index contributed by atoms with van der Waals surface area (Å²) in [4.78, 5) is 13.3. The lowest BCUT2D eigenvalue weighted by atomic mass is 9.99. The Hall–Kier alpha value is -2.19. The van der Waals surface area contributed by atoms with Gasteiger partial charge in [0.1, 0.15) is 0 Å². The van der Waals surface area contributed by atoms with Gasteiger partial charge in [0.25, 0.3) is 0 Å². The summed E-state index contributed by atoms with van der Waals surface area (Å²) in [7, 11) is 0.611. The Morgan fingerprint density at radius 1 is 1.15 bits per heavy atom. The minimum absolute atomic E-state index is 0.0555. The fourth-order valence-electron chi connectivity index (χ4n) is 3.22. The van der Waals surface area contributed by atoms with Crippen LogP contribution in [0.25, 0.3) is 11.3 Å². The highest BCUT2D eigenvalue weighted by atomic mass is 32.2. The standard InChI is InChI=1S/C18H25N5O2S/c1-22(2)16-5-3-15(4-6-16)17-7-10-20-18(21-17)23-11-8-14(9-12-23)13-26(19,24)25/h3-7,10,14H,8-9,11-13H2,1-2H3,(H2,19,24,25). The zero-order valence-corrected chi connectivity index (χ0v) is 16.0. The van der Waals surface area contributed by atoms with Crippen molar-refractivity contribution >= 4 is 21.7 Å². The molecule has 2 aromatic rings. The predicted molar refractivity (Wildman–Crippen MR) is 105 cm³/mol. The smallest absolute Gasteiger partial charge is 0.225 e. The van der Waals surface area contributed by atoms with Crippen molar-refractivity contribution < 1.29 is 8.42 Å². The van der Waals surface area contributed by atoms with Gasteiger partial charge in [-0.15, -0.1) is 0 Å². The maximum atomic E-state index is 11.3. The lowest BCUT2D eigenvalue weighted by Crippen LogP contribution is -2.37. The number of benzene rings is 1. The molecule has 1 aromatic carbocycles. The van der Waals surface area contributed by atoms with E-state index in [2.05, 4.69) is 39.0 Å². The zero-order valence-electron chi connectivity index (χ0n) is 15.2. The summed E-state index contributed by atoms with van der Waals surface area (Å²) in [6.45, 7) is 1.48. The van der Waals surface area contributed by atoms with Gasteiger partial charge in [-0.25, -0.2) is 23.5 Å². The molecule has 1 saturated heterocycles.